The van der Waals surface area contributed by atoms with E-state index in [0.29, 0.717) is 11.3 Å². The molecule has 4 rings (SSSR count). The van der Waals surface area contributed by atoms with E-state index >= 15 is 0 Å². The molecule has 1 heterocycles. The molecule has 0 radical (unpaired) electrons. The van der Waals surface area contributed by atoms with Crippen LogP contribution in [0.15, 0.2) is 91.0 Å². The molecule has 1 amide bonds. The van der Waals surface area contributed by atoms with Gasteiger partial charge < -0.3 is 10.4 Å². The summed E-state index contributed by atoms with van der Waals surface area (Å²) >= 11 is 5.84. The van der Waals surface area contributed by atoms with Gasteiger partial charge in [0.25, 0.3) is 5.91 Å². The lowest BCUT2D eigenvalue weighted by Gasteiger charge is -2.15. The van der Waals surface area contributed by atoms with Crippen LogP contribution in [0.1, 0.15) is 16.1 Å². The molecule has 170 valence electrons. The van der Waals surface area contributed by atoms with Gasteiger partial charge in [-0.25, -0.2) is 14.2 Å². The van der Waals surface area contributed by atoms with Crippen molar-refractivity contribution in [1.82, 2.24) is 10.3 Å². The monoisotopic (exact) mass is 474 g/mol. The molecule has 1 atom stereocenters. The Balaban J connectivity index is 1.48. The Morgan fingerprint density at radius 3 is 2.24 bits per heavy atom. The fourth-order valence-electron chi connectivity index (χ4n) is 3.51. The Bertz CT molecular complexity index is 1330. The number of hydrogen-bond donors (Lipinski definition) is 2. The van der Waals surface area contributed by atoms with E-state index in [1.807, 2.05) is 54.6 Å². The average molecular weight is 475 g/mol. The van der Waals surface area contributed by atoms with Crippen LogP contribution in [0, 0.1) is 5.82 Å². The standard InChI is InChI=1S/C27H20ClFN2O3/c28-21-16-20(13-14-22(21)29)23-7-4-8-24(30-23)26(32)31-25(27(33)34)15-17-9-11-19(12-10-17)18-5-2-1-3-6-18/h1-14,16,25H,15H2,(H,31,32)(H,33,34)/t25-/m0/s1. The largest absolute Gasteiger partial charge is 0.480 e. The lowest BCUT2D eigenvalue weighted by atomic mass is 10.0. The van der Waals surface area contributed by atoms with Crippen LogP contribution < -0.4 is 5.32 Å². The molecule has 0 aliphatic carbocycles. The molecule has 0 aliphatic rings. The van der Waals surface area contributed by atoms with Crippen molar-refractivity contribution in [1.29, 1.82) is 0 Å². The van der Waals surface area contributed by atoms with Crippen molar-refractivity contribution in [3.05, 3.63) is 113 Å². The van der Waals surface area contributed by atoms with Gasteiger partial charge in [0.05, 0.1) is 10.7 Å². The molecule has 5 nitrogen and oxygen atoms in total. The number of carboxylic acids is 1. The van der Waals surface area contributed by atoms with Gasteiger partial charge in [-0.05, 0) is 47.0 Å². The molecular formula is C27H20ClFN2O3. The molecule has 0 unspecified atom stereocenters. The zero-order valence-corrected chi connectivity index (χ0v) is 18.7. The molecule has 3 aromatic carbocycles. The number of carboxylic acid groups (broad SMARTS) is 1. The number of amides is 1. The molecule has 2 N–H and O–H groups in total. The maximum Gasteiger partial charge on any atom is 0.326 e. The van der Waals surface area contributed by atoms with Gasteiger partial charge in [0.15, 0.2) is 0 Å². The number of pyridine rings is 1. The SMILES string of the molecule is O=C(N[C@@H](Cc1ccc(-c2ccccc2)cc1)C(=O)O)c1cccc(-c2ccc(F)c(Cl)c2)n1. The first-order valence-corrected chi connectivity index (χ1v) is 10.9. The topological polar surface area (TPSA) is 79.3 Å². The second kappa shape index (κ2) is 10.3. The quantitative estimate of drug-likeness (QED) is 0.363. The van der Waals surface area contributed by atoms with Gasteiger partial charge in [-0.1, -0.05) is 72.3 Å². The smallest absolute Gasteiger partial charge is 0.326 e. The number of aliphatic carboxylic acids is 1. The molecule has 1 aromatic heterocycles. The lowest BCUT2D eigenvalue weighted by Crippen LogP contribution is -2.42. The minimum atomic E-state index is -1.15. The molecule has 0 saturated carbocycles. The third kappa shape index (κ3) is 5.47. The van der Waals surface area contributed by atoms with Gasteiger partial charge in [0.2, 0.25) is 0 Å². The Labute approximate surface area is 200 Å². The molecular weight excluding hydrogens is 455 g/mol. The highest BCUT2D eigenvalue weighted by Gasteiger charge is 2.22. The summed E-state index contributed by atoms with van der Waals surface area (Å²) in [4.78, 5) is 28.9. The van der Waals surface area contributed by atoms with E-state index in [4.69, 9.17) is 11.6 Å². The third-order valence-electron chi connectivity index (χ3n) is 5.30. The van der Waals surface area contributed by atoms with Crippen molar-refractivity contribution in [2.75, 3.05) is 0 Å². The highest BCUT2D eigenvalue weighted by Crippen LogP contribution is 2.24. The molecule has 0 saturated heterocycles. The Hall–Kier alpha value is -4.03. The van der Waals surface area contributed by atoms with Crippen molar-refractivity contribution < 1.29 is 19.1 Å². The van der Waals surface area contributed by atoms with Crippen LogP contribution >= 0.6 is 11.6 Å². The maximum absolute atomic E-state index is 13.5. The molecule has 7 heteroatoms. The molecule has 4 aromatic rings. The van der Waals surface area contributed by atoms with E-state index in [0.717, 1.165) is 16.7 Å². The van der Waals surface area contributed by atoms with Gasteiger partial charge in [-0.2, -0.15) is 0 Å². The maximum atomic E-state index is 13.5. The summed E-state index contributed by atoms with van der Waals surface area (Å²) in [7, 11) is 0. The van der Waals surface area contributed by atoms with Crippen molar-refractivity contribution in [2.24, 2.45) is 0 Å². The van der Waals surface area contributed by atoms with E-state index in [-0.39, 0.29) is 17.1 Å². The Kier molecular flexibility index (Phi) is 6.99. The number of aromatic nitrogens is 1. The normalized spacial score (nSPS) is 11.6. The first-order chi connectivity index (χ1) is 16.4. The average Bonchev–Trinajstić information content (AvgIpc) is 2.86. The number of nitrogens with one attached hydrogen (secondary N) is 1. The lowest BCUT2D eigenvalue weighted by molar-refractivity contribution is -0.139. The van der Waals surface area contributed by atoms with E-state index < -0.39 is 23.7 Å². The number of rotatable bonds is 7. The minimum absolute atomic E-state index is 0.0450. The van der Waals surface area contributed by atoms with E-state index in [9.17, 15) is 19.1 Å². The van der Waals surface area contributed by atoms with Crippen LogP contribution in [0.25, 0.3) is 22.4 Å². The predicted octanol–water partition coefficient (Wildman–Crippen LogP) is 5.63. The van der Waals surface area contributed by atoms with E-state index in [1.165, 1.54) is 24.3 Å². The predicted molar refractivity (Wildman–Crippen MR) is 129 cm³/mol. The van der Waals surface area contributed by atoms with Gasteiger partial charge in [0, 0.05) is 12.0 Å². The highest BCUT2D eigenvalue weighted by molar-refractivity contribution is 6.31. The second-order valence-corrected chi connectivity index (χ2v) is 8.08. The summed E-state index contributed by atoms with van der Waals surface area (Å²) in [5, 5.41) is 12.1. The van der Waals surface area contributed by atoms with Crippen LogP contribution in [-0.4, -0.2) is 28.0 Å². The van der Waals surface area contributed by atoms with Crippen LogP contribution in [0.2, 0.25) is 5.02 Å². The molecule has 34 heavy (non-hydrogen) atoms. The molecule has 0 fully saturated rings. The number of hydrogen-bond acceptors (Lipinski definition) is 3. The van der Waals surface area contributed by atoms with Gasteiger partial charge in [0.1, 0.15) is 17.6 Å². The van der Waals surface area contributed by atoms with Crippen molar-refractivity contribution in [2.45, 2.75) is 12.5 Å². The number of benzene rings is 3. The molecule has 0 aliphatic heterocycles. The van der Waals surface area contributed by atoms with Gasteiger partial charge in [-0.3, -0.25) is 4.79 Å². The molecule has 0 bridgehead atoms. The Morgan fingerprint density at radius 1 is 0.882 bits per heavy atom. The zero-order valence-electron chi connectivity index (χ0n) is 17.9. The van der Waals surface area contributed by atoms with Crippen LogP contribution in [0.4, 0.5) is 4.39 Å². The van der Waals surface area contributed by atoms with Crippen molar-refractivity contribution in [3.63, 3.8) is 0 Å². The van der Waals surface area contributed by atoms with Crippen LogP contribution in [0.3, 0.4) is 0 Å². The third-order valence-corrected chi connectivity index (χ3v) is 5.59. The number of carbonyl (C=O) groups is 2. The summed E-state index contributed by atoms with van der Waals surface area (Å²) in [6.45, 7) is 0. The van der Waals surface area contributed by atoms with Crippen LogP contribution in [-0.2, 0) is 11.2 Å². The highest BCUT2D eigenvalue weighted by atomic mass is 35.5. The van der Waals surface area contributed by atoms with Gasteiger partial charge in [-0.15, -0.1) is 0 Å². The van der Waals surface area contributed by atoms with Crippen molar-refractivity contribution in [3.8, 4) is 22.4 Å². The molecule has 0 spiro atoms. The van der Waals surface area contributed by atoms with E-state index in [2.05, 4.69) is 10.3 Å². The second-order valence-electron chi connectivity index (χ2n) is 7.67. The Morgan fingerprint density at radius 2 is 1.56 bits per heavy atom. The van der Waals surface area contributed by atoms with E-state index in [1.54, 1.807) is 12.1 Å². The number of nitrogens with zero attached hydrogens (tertiary/aromatic N) is 1. The number of carbonyl (C=O) groups excluding carboxylic acids is 1. The zero-order chi connectivity index (χ0) is 24.1. The summed E-state index contributed by atoms with van der Waals surface area (Å²) in [6.07, 6.45) is 0.114. The minimum Gasteiger partial charge on any atom is -0.480 e. The fourth-order valence-corrected chi connectivity index (χ4v) is 3.69. The summed E-state index contributed by atoms with van der Waals surface area (Å²) in [5.74, 6) is -2.33. The first kappa shape index (κ1) is 23.1. The van der Waals surface area contributed by atoms with Crippen molar-refractivity contribution >= 4 is 23.5 Å². The fraction of sp³-hybridized carbons (Fsp3) is 0.0741. The summed E-state index contributed by atoms with van der Waals surface area (Å²) in [5.41, 5.74) is 3.85. The number of halogens is 2. The summed E-state index contributed by atoms with van der Waals surface area (Å²) in [6, 6.07) is 25.1. The summed E-state index contributed by atoms with van der Waals surface area (Å²) < 4.78 is 13.5. The van der Waals surface area contributed by atoms with Crippen LogP contribution in [0.5, 0.6) is 0 Å². The first-order valence-electron chi connectivity index (χ1n) is 10.5. The van der Waals surface area contributed by atoms with Gasteiger partial charge >= 0.3 is 5.97 Å².